The SMILES string of the molecule is COc1cc(S(C)(=O)=O)ccc1NCC#Cc1cc2c(NC3CCC(N4CCC5(CCOC5)CC4)CC3)cccc2n1CC(F)(F)F. The topological polar surface area (TPSA) is 84.8 Å². The van der Waals surface area contributed by atoms with E-state index in [9.17, 15) is 21.6 Å². The molecule has 3 fully saturated rings. The van der Waals surface area contributed by atoms with Crippen molar-refractivity contribution in [3.05, 3.63) is 48.2 Å². The number of nitrogens with one attached hydrogen (secondary N) is 2. The van der Waals surface area contributed by atoms with E-state index in [0.29, 0.717) is 33.8 Å². The Hall–Kier alpha value is -3.40. The summed E-state index contributed by atoms with van der Waals surface area (Å²) in [6, 6.07) is 12.5. The summed E-state index contributed by atoms with van der Waals surface area (Å²) in [6.45, 7) is 3.06. The number of ether oxygens (including phenoxy) is 2. The van der Waals surface area contributed by atoms with Crippen molar-refractivity contribution in [3.63, 3.8) is 0 Å². The molecule has 2 aliphatic heterocycles. The Labute approximate surface area is 274 Å². The molecule has 2 aromatic carbocycles. The van der Waals surface area contributed by atoms with Crippen molar-refractivity contribution in [2.45, 2.75) is 74.6 Å². The third kappa shape index (κ3) is 7.85. The Balaban J connectivity index is 1.13. The van der Waals surface area contributed by atoms with Crippen LogP contribution in [0, 0.1) is 17.3 Å². The number of rotatable bonds is 8. The first-order valence-electron chi connectivity index (χ1n) is 16.3. The van der Waals surface area contributed by atoms with Gasteiger partial charge in [-0.1, -0.05) is 12.0 Å². The molecule has 0 radical (unpaired) electrons. The monoisotopic (exact) mass is 672 g/mol. The lowest BCUT2D eigenvalue weighted by molar-refractivity contribution is -0.140. The number of fused-ring (bicyclic) bond motifs is 1. The Morgan fingerprint density at radius 3 is 2.47 bits per heavy atom. The highest BCUT2D eigenvalue weighted by Crippen LogP contribution is 2.41. The number of halogens is 3. The first-order valence-corrected chi connectivity index (χ1v) is 18.2. The van der Waals surface area contributed by atoms with Gasteiger partial charge in [-0.15, -0.1) is 0 Å². The van der Waals surface area contributed by atoms with E-state index in [2.05, 4.69) is 27.4 Å². The van der Waals surface area contributed by atoms with Crippen LogP contribution in [0.4, 0.5) is 24.5 Å². The zero-order chi connectivity index (χ0) is 33.2. The fourth-order valence-electron chi connectivity index (χ4n) is 7.40. The number of methoxy groups -OCH3 is 1. The number of hydrogen-bond donors (Lipinski definition) is 2. The molecule has 3 heterocycles. The van der Waals surface area contributed by atoms with Gasteiger partial charge in [-0.05, 0) is 99.7 Å². The third-order valence-electron chi connectivity index (χ3n) is 10.1. The van der Waals surface area contributed by atoms with Crippen LogP contribution in [0.15, 0.2) is 47.4 Å². The van der Waals surface area contributed by atoms with Gasteiger partial charge < -0.3 is 29.6 Å². The van der Waals surface area contributed by atoms with Crippen molar-refractivity contribution in [2.75, 3.05) is 56.8 Å². The van der Waals surface area contributed by atoms with Crippen LogP contribution in [0.5, 0.6) is 5.75 Å². The summed E-state index contributed by atoms with van der Waals surface area (Å²) in [5.41, 5.74) is 2.50. The maximum Gasteiger partial charge on any atom is 0.406 e. The molecular weight excluding hydrogens is 629 g/mol. The van der Waals surface area contributed by atoms with Crippen molar-refractivity contribution < 1.29 is 31.1 Å². The lowest BCUT2D eigenvalue weighted by Gasteiger charge is -2.44. The molecule has 0 unspecified atom stereocenters. The summed E-state index contributed by atoms with van der Waals surface area (Å²) >= 11 is 0. The number of likely N-dealkylation sites (tertiary alicyclic amines) is 1. The molecule has 1 aromatic heterocycles. The summed E-state index contributed by atoms with van der Waals surface area (Å²) in [6.07, 6.45) is 4.57. The molecule has 0 amide bonds. The molecule has 3 aliphatic rings. The molecule has 8 nitrogen and oxygen atoms in total. The standard InChI is InChI=1S/C35H43F3N4O4S/c1-45-33-22-28(47(2,43)44)12-13-31(33)39-17-4-5-27-21-29-30(6-3-7-32(29)42(27)23-35(36,37)38)40-25-8-10-26(11-9-25)41-18-14-34(15-19-41)16-20-46-24-34/h3,6-7,12-13,21-22,25-26,39-40H,8-11,14-20,23-24H2,1-2H3. The van der Waals surface area contributed by atoms with E-state index >= 15 is 0 Å². The highest BCUT2D eigenvalue weighted by Gasteiger charge is 2.40. The number of aromatic nitrogens is 1. The van der Waals surface area contributed by atoms with Crippen LogP contribution in [0.25, 0.3) is 10.9 Å². The minimum atomic E-state index is -4.42. The van der Waals surface area contributed by atoms with Gasteiger partial charge in [-0.25, -0.2) is 8.42 Å². The van der Waals surface area contributed by atoms with Crippen LogP contribution in [-0.4, -0.2) is 82.4 Å². The summed E-state index contributed by atoms with van der Waals surface area (Å²) in [5, 5.41) is 7.45. The average Bonchev–Trinajstić information content (AvgIpc) is 3.63. The molecule has 1 spiro atoms. The molecule has 3 aromatic rings. The predicted molar refractivity (Wildman–Crippen MR) is 178 cm³/mol. The van der Waals surface area contributed by atoms with Gasteiger partial charge in [0.05, 0.1) is 42.1 Å². The van der Waals surface area contributed by atoms with Gasteiger partial charge >= 0.3 is 6.18 Å². The third-order valence-corrected chi connectivity index (χ3v) is 11.2. The molecule has 0 bridgehead atoms. The maximum absolute atomic E-state index is 13.7. The number of benzene rings is 2. The minimum Gasteiger partial charge on any atom is -0.495 e. The Morgan fingerprint density at radius 2 is 1.81 bits per heavy atom. The summed E-state index contributed by atoms with van der Waals surface area (Å²) in [5.74, 6) is 6.19. The molecule has 12 heteroatoms. The van der Waals surface area contributed by atoms with E-state index in [4.69, 9.17) is 9.47 Å². The van der Waals surface area contributed by atoms with Gasteiger partial charge in [0, 0.05) is 42.1 Å². The number of nitrogens with zero attached hydrogens (tertiary/aromatic N) is 2. The lowest BCUT2D eigenvalue weighted by atomic mass is 9.77. The molecule has 1 saturated carbocycles. The first kappa shape index (κ1) is 33.5. The van der Waals surface area contributed by atoms with E-state index in [1.165, 1.54) is 43.1 Å². The van der Waals surface area contributed by atoms with Crippen LogP contribution in [0.1, 0.15) is 50.6 Å². The van der Waals surface area contributed by atoms with Gasteiger partial charge in [0.15, 0.2) is 9.84 Å². The molecule has 2 N–H and O–H groups in total. The highest BCUT2D eigenvalue weighted by atomic mass is 32.2. The summed E-state index contributed by atoms with van der Waals surface area (Å²) < 4.78 is 77.2. The Bertz CT molecular complexity index is 1740. The van der Waals surface area contributed by atoms with E-state index in [0.717, 1.165) is 63.9 Å². The second-order valence-electron chi connectivity index (χ2n) is 13.2. The van der Waals surface area contributed by atoms with E-state index < -0.39 is 22.6 Å². The average molecular weight is 673 g/mol. The van der Waals surface area contributed by atoms with Crippen molar-refractivity contribution in [3.8, 4) is 17.6 Å². The molecule has 2 saturated heterocycles. The minimum absolute atomic E-state index is 0.113. The quantitative estimate of drug-likeness (QED) is 0.272. The van der Waals surface area contributed by atoms with Crippen LogP contribution < -0.4 is 15.4 Å². The van der Waals surface area contributed by atoms with Crippen molar-refractivity contribution in [1.82, 2.24) is 9.47 Å². The fourth-order valence-corrected chi connectivity index (χ4v) is 8.03. The molecule has 6 rings (SSSR count). The Morgan fingerprint density at radius 1 is 1.04 bits per heavy atom. The second kappa shape index (κ2) is 13.6. The zero-order valence-electron chi connectivity index (χ0n) is 27.0. The molecular formula is C35H43F3N4O4S. The fraction of sp³-hybridized carbons (Fsp3) is 0.543. The van der Waals surface area contributed by atoms with Crippen molar-refractivity contribution >= 4 is 32.1 Å². The number of hydrogen-bond acceptors (Lipinski definition) is 7. The van der Waals surface area contributed by atoms with Gasteiger partial charge in [0.25, 0.3) is 0 Å². The van der Waals surface area contributed by atoms with Crippen LogP contribution >= 0.6 is 0 Å². The summed E-state index contributed by atoms with van der Waals surface area (Å²) in [7, 11) is -1.98. The first-order chi connectivity index (χ1) is 22.4. The molecule has 47 heavy (non-hydrogen) atoms. The molecule has 254 valence electrons. The number of sulfone groups is 1. The zero-order valence-corrected chi connectivity index (χ0v) is 27.8. The largest absolute Gasteiger partial charge is 0.495 e. The van der Waals surface area contributed by atoms with Gasteiger partial charge in [0.2, 0.25) is 0 Å². The number of alkyl halides is 3. The highest BCUT2D eigenvalue weighted by molar-refractivity contribution is 7.90. The smallest absolute Gasteiger partial charge is 0.406 e. The second-order valence-corrected chi connectivity index (χ2v) is 15.3. The van der Waals surface area contributed by atoms with E-state index in [1.807, 2.05) is 6.07 Å². The van der Waals surface area contributed by atoms with Gasteiger partial charge in [-0.3, -0.25) is 0 Å². The molecule has 1 aliphatic carbocycles. The van der Waals surface area contributed by atoms with Gasteiger partial charge in [-0.2, -0.15) is 13.2 Å². The van der Waals surface area contributed by atoms with Gasteiger partial charge in [0.1, 0.15) is 12.3 Å². The maximum atomic E-state index is 13.7. The predicted octanol–water partition coefficient (Wildman–Crippen LogP) is 6.30. The normalized spacial score (nSPS) is 21.8. The van der Waals surface area contributed by atoms with Crippen molar-refractivity contribution in [1.29, 1.82) is 0 Å². The van der Waals surface area contributed by atoms with E-state index in [1.54, 1.807) is 24.3 Å². The van der Waals surface area contributed by atoms with Crippen LogP contribution in [-0.2, 0) is 21.1 Å². The Kier molecular flexibility index (Phi) is 9.70. The van der Waals surface area contributed by atoms with Crippen LogP contribution in [0.3, 0.4) is 0 Å². The lowest BCUT2D eigenvalue weighted by Crippen LogP contribution is -2.47. The van der Waals surface area contributed by atoms with Crippen molar-refractivity contribution in [2.24, 2.45) is 5.41 Å². The number of piperidine rings is 1. The summed E-state index contributed by atoms with van der Waals surface area (Å²) in [4.78, 5) is 2.79. The molecule has 0 atom stereocenters. The van der Waals surface area contributed by atoms with E-state index in [-0.39, 0.29) is 23.2 Å². The van der Waals surface area contributed by atoms with Crippen LogP contribution in [0.2, 0.25) is 0 Å². The number of anilines is 2.